The number of benzene rings is 2. The third kappa shape index (κ3) is 8.30. The van der Waals surface area contributed by atoms with E-state index in [1.165, 1.54) is 0 Å². The molecule has 242 valence electrons. The lowest BCUT2D eigenvalue weighted by molar-refractivity contribution is 0.0215. The highest BCUT2D eigenvalue weighted by Gasteiger charge is 2.34. The number of aromatic nitrogens is 3. The fraction of sp³-hybridized carbons (Fsp3) is 0.432. The van der Waals surface area contributed by atoms with Crippen molar-refractivity contribution in [3.05, 3.63) is 77.4 Å². The van der Waals surface area contributed by atoms with Crippen molar-refractivity contribution in [2.45, 2.75) is 91.5 Å². The Balaban J connectivity index is 1.24. The Kier molecular flexibility index (Phi) is 9.47. The normalized spacial score (nSPS) is 15.0. The Bertz CT molecular complexity index is 1740. The topological polar surface area (TPSA) is 104 Å². The van der Waals surface area contributed by atoms with Gasteiger partial charge in [-0.15, -0.1) is 0 Å². The molecule has 1 saturated heterocycles. The summed E-state index contributed by atoms with van der Waals surface area (Å²) in [5.41, 5.74) is 4.63. The highest BCUT2D eigenvalue weighted by atomic mass is 16.6. The molecular formula is C37H45N5O4. The Hall–Kier alpha value is -4.71. The Morgan fingerprint density at radius 2 is 1.65 bits per heavy atom. The minimum absolute atomic E-state index is 0.0264. The number of hydrogen-bond acceptors (Lipinski definition) is 5. The van der Waals surface area contributed by atoms with Gasteiger partial charge in [-0.25, -0.2) is 14.6 Å². The second-order valence-electron chi connectivity index (χ2n) is 13.8. The van der Waals surface area contributed by atoms with Crippen LogP contribution in [0.1, 0.15) is 96.4 Å². The number of fused-ring (bicyclic) bond motifs is 1. The van der Waals surface area contributed by atoms with Gasteiger partial charge in [-0.3, -0.25) is 4.90 Å². The minimum atomic E-state index is -0.553. The average Bonchev–Trinajstić information content (AvgIpc) is 3.74. The number of likely N-dealkylation sites (tertiary alicyclic amines) is 1. The van der Waals surface area contributed by atoms with E-state index in [4.69, 9.17) is 9.47 Å². The minimum Gasteiger partial charge on any atom is -0.444 e. The van der Waals surface area contributed by atoms with Gasteiger partial charge in [0.1, 0.15) is 17.0 Å². The molecule has 9 nitrogen and oxygen atoms in total. The van der Waals surface area contributed by atoms with E-state index >= 15 is 0 Å². The van der Waals surface area contributed by atoms with Crippen LogP contribution in [0.25, 0.3) is 22.2 Å². The number of aromatic amines is 2. The van der Waals surface area contributed by atoms with Crippen LogP contribution in [0, 0.1) is 11.8 Å². The molecule has 0 aliphatic carbocycles. The lowest BCUT2D eigenvalue weighted by atomic mass is 10.1. The molecule has 4 aromatic rings. The number of carbonyl (C=O) groups is 2. The molecule has 1 fully saturated rings. The summed E-state index contributed by atoms with van der Waals surface area (Å²) in [5.74, 6) is 7.26. The van der Waals surface area contributed by atoms with Crippen molar-refractivity contribution in [3.63, 3.8) is 0 Å². The van der Waals surface area contributed by atoms with E-state index < -0.39 is 11.2 Å². The molecule has 0 saturated carbocycles. The lowest BCUT2D eigenvalue weighted by Crippen LogP contribution is -2.37. The quantitative estimate of drug-likeness (QED) is 0.211. The molecule has 9 heteroatoms. The molecule has 46 heavy (non-hydrogen) atoms. The number of nitrogens with one attached hydrogen (secondary N) is 2. The maximum absolute atomic E-state index is 12.8. The second kappa shape index (κ2) is 13.3. The highest BCUT2D eigenvalue weighted by Crippen LogP contribution is 2.34. The highest BCUT2D eigenvalue weighted by molar-refractivity contribution is 5.82. The van der Waals surface area contributed by atoms with Gasteiger partial charge in [0, 0.05) is 40.8 Å². The number of amides is 2. The zero-order chi connectivity index (χ0) is 33.1. The van der Waals surface area contributed by atoms with Gasteiger partial charge in [0.2, 0.25) is 0 Å². The van der Waals surface area contributed by atoms with Crippen molar-refractivity contribution in [1.82, 2.24) is 24.8 Å². The summed E-state index contributed by atoms with van der Waals surface area (Å²) in [6.45, 7) is 14.9. The predicted molar refractivity (Wildman–Crippen MR) is 180 cm³/mol. The van der Waals surface area contributed by atoms with Crippen LogP contribution in [0.3, 0.4) is 0 Å². The van der Waals surface area contributed by atoms with Crippen molar-refractivity contribution < 1.29 is 19.1 Å². The largest absolute Gasteiger partial charge is 0.444 e. The standard InChI is InChI=1S/C37H45N5O4/c1-8-19-41(34(43)45-36(2,3)4)24-33-38-23-31(40-33)27-16-13-25(14-17-27)11-12-26-15-18-29-28(21-26)22-30(39-29)32-10-9-20-42(32)35(44)46-37(5,6)7/h13-18,21-23,32,39H,8-10,19-20,24H2,1-7H3,(H,38,40)/t32-/m0/s1. The molecule has 2 aromatic heterocycles. The zero-order valence-electron chi connectivity index (χ0n) is 28.0. The number of hydrogen-bond donors (Lipinski definition) is 2. The molecule has 5 rings (SSSR count). The van der Waals surface area contributed by atoms with E-state index in [-0.39, 0.29) is 18.2 Å². The second-order valence-corrected chi connectivity index (χ2v) is 13.8. The molecule has 1 aliphatic rings. The summed E-state index contributed by atoms with van der Waals surface area (Å²) < 4.78 is 11.2. The summed E-state index contributed by atoms with van der Waals surface area (Å²) in [6.07, 6.45) is 3.85. The molecule has 1 aliphatic heterocycles. The van der Waals surface area contributed by atoms with Gasteiger partial charge in [0.25, 0.3) is 0 Å². The van der Waals surface area contributed by atoms with Gasteiger partial charge in [0.15, 0.2) is 0 Å². The molecule has 0 unspecified atom stereocenters. The summed E-state index contributed by atoms with van der Waals surface area (Å²) in [4.78, 5) is 40.3. The van der Waals surface area contributed by atoms with Gasteiger partial charge < -0.3 is 24.3 Å². The number of carbonyl (C=O) groups excluding carboxylic acids is 2. The first kappa shape index (κ1) is 32.7. The Labute approximate surface area is 271 Å². The third-order valence-corrected chi connectivity index (χ3v) is 7.54. The van der Waals surface area contributed by atoms with Crippen molar-refractivity contribution in [1.29, 1.82) is 0 Å². The van der Waals surface area contributed by atoms with E-state index in [1.54, 1.807) is 11.1 Å². The molecule has 3 heterocycles. The smallest absolute Gasteiger partial charge is 0.410 e. The lowest BCUT2D eigenvalue weighted by Gasteiger charge is -2.28. The van der Waals surface area contributed by atoms with Gasteiger partial charge in [-0.2, -0.15) is 0 Å². The van der Waals surface area contributed by atoms with Gasteiger partial charge in [0.05, 0.1) is 24.5 Å². The van der Waals surface area contributed by atoms with Crippen LogP contribution < -0.4 is 0 Å². The molecule has 2 amide bonds. The summed E-state index contributed by atoms with van der Waals surface area (Å²) in [5, 5.41) is 1.06. The van der Waals surface area contributed by atoms with E-state index in [9.17, 15) is 9.59 Å². The number of imidazole rings is 1. The number of rotatable bonds is 6. The van der Waals surface area contributed by atoms with Crippen LogP contribution in [0.15, 0.2) is 54.7 Å². The fourth-order valence-electron chi connectivity index (χ4n) is 5.52. The van der Waals surface area contributed by atoms with Gasteiger partial charge >= 0.3 is 12.2 Å². The Morgan fingerprint density at radius 1 is 0.957 bits per heavy atom. The summed E-state index contributed by atoms with van der Waals surface area (Å²) in [7, 11) is 0. The van der Waals surface area contributed by atoms with Crippen LogP contribution in [-0.4, -0.2) is 61.2 Å². The first-order valence-electron chi connectivity index (χ1n) is 16.0. The molecule has 0 bridgehead atoms. The SMILES string of the molecule is CCCN(Cc1ncc(-c2ccc(C#Cc3ccc4[nH]c([C@@H]5CCCN5C(=O)OC(C)(C)C)cc4c3)cc2)[nH]1)C(=O)OC(C)(C)C. The number of nitrogens with zero attached hydrogens (tertiary/aromatic N) is 3. The molecule has 0 radical (unpaired) electrons. The van der Waals surface area contributed by atoms with E-state index in [1.807, 2.05) is 89.8 Å². The van der Waals surface area contributed by atoms with E-state index in [0.717, 1.165) is 58.2 Å². The summed E-state index contributed by atoms with van der Waals surface area (Å²) in [6, 6.07) is 16.2. The van der Waals surface area contributed by atoms with Crippen LogP contribution in [0.5, 0.6) is 0 Å². The molecule has 2 N–H and O–H groups in total. The van der Waals surface area contributed by atoms with Crippen molar-refractivity contribution in [2.75, 3.05) is 13.1 Å². The van der Waals surface area contributed by atoms with Crippen molar-refractivity contribution in [2.24, 2.45) is 0 Å². The van der Waals surface area contributed by atoms with Crippen LogP contribution in [0.2, 0.25) is 0 Å². The predicted octanol–water partition coefficient (Wildman–Crippen LogP) is 8.18. The van der Waals surface area contributed by atoms with Crippen molar-refractivity contribution in [3.8, 4) is 23.1 Å². The third-order valence-electron chi connectivity index (χ3n) is 7.54. The monoisotopic (exact) mass is 623 g/mol. The van der Waals surface area contributed by atoms with Gasteiger partial charge in [-0.05, 0) is 103 Å². The van der Waals surface area contributed by atoms with Crippen LogP contribution in [-0.2, 0) is 16.0 Å². The van der Waals surface area contributed by atoms with E-state index in [2.05, 4.69) is 38.9 Å². The Morgan fingerprint density at radius 3 is 2.35 bits per heavy atom. The molecule has 0 spiro atoms. The zero-order valence-corrected chi connectivity index (χ0v) is 28.0. The molecular weight excluding hydrogens is 578 g/mol. The maximum Gasteiger partial charge on any atom is 0.410 e. The maximum atomic E-state index is 12.8. The van der Waals surface area contributed by atoms with Gasteiger partial charge in [-0.1, -0.05) is 30.9 Å². The fourth-order valence-corrected chi connectivity index (χ4v) is 5.52. The first-order valence-corrected chi connectivity index (χ1v) is 16.0. The number of H-pyrrole nitrogens is 2. The molecule has 1 atom stereocenters. The van der Waals surface area contributed by atoms with Crippen LogP contribution in [0.4, 0.5) is 9.59 Å². The van der Waals surface area contributed by atoms with E-state index in [0.29, 0.717) is 25.5 Å². The average molecular weight is 624 g/mol. The van der Waals surface area contributed by atoms with Crippen molar-refractivity contribution >= 4 is 23.1 Å². The number of ether oxygens (including phenoxy) is 2. The summed E-state index contributed by atoms with van der Waals surface area (Å²) >= 11 is 0. The van der Waals surface area contributed by atoms with Crippen LogP contribution >= 0.6 is 0 Å². The molecule has 2 aromatic carbocycles. The first-order chi connectivity index (χ1) is 21.8.